The molecule has 14 heteroatoms. The van der Waals surface area contributed by atoms with Crippen molar-refractivity contribution in [3.8, 4) is 23.2 Å². The average Bonchev–Trinajstić information content (AvgIpc) is 3.25. The van der Waals surface area contributed by atoms with Gasteiger partial charge < -0.3 is 29.2 Å². The Morgan fingerprint density at radius 3 is 2.60 bits per heavy atom. The van der Waals surface area contributed by atoms with Crippen molar-refractivity contribution >= 4 is 36.1 Å². The molecule has 2 aromatic heterocycles. The number of nitrogens with one attached hydrogen (secondary N) is 1. The van der Waals surface area contributed by atoms with Crippen molar-refractivity contribution in [1.82, 2.24) is 19.9 Å². The van der Waals surface area contributed by atoms with E-state index in [2.05, 4.69) is 31.3 Å². The Hall–Kier alpha value is -4.11. The summed E-state index contributed by atoms with van der Waals surface area (Å²) >= 11 is 0. The SMILES string of the molecule is COCCOc1nc(P(C)(C)=O)ncc1Nc1nccc(-c2cc(C#N)c3c(c2)[C@@](C)(CO)CN3C(=O)OC(C)(C)C)n1. The maximum absolute atomic E-state index is 13.1. The number of aliphatic hydroxyl groups excluding tert-OH is 1. The van der Waals surface area contributed by atoms with Crippen LogP contribution in [0.15, 0.2) is 30.6 Å². The van der Waals surface area contributed by atoms with Gasteiger partial charge >= 0.3 is 6.09 Å². The Labute approximate surface area is 250 Å². The lowest BCUT2D eigenvalue weighted by Crippen LogP contribution is -2.40. The Kier molecular flexibility index (Phi) is 9.06. The molecule has 0 radical (unpaired) electrons. The Morgan fingerprint density at radius 1 is 1.23 bits per heavy atom. The van der Waals surface area contributed by atoms with E-state index in [9.17, 15) is 19.7 Å². The highest BCUT2D eigenvalue weighted by atomic mass is 31.2. The molecular formula is C29H36N7O6P. The lowest BCUT2D eigenvalue weighted by molar-refractivity contribution is 0.0575. The minimum absolute atomic E-state index is 0.146. The number of amides is 1. The van der Waals surface area contributed by atoms with Crippen molar-refractivity contribution < 1.29 is 28.7 Å². The number of methoxy groups -OCH3 is 1. The third kappa shape index (κ3) is 7.10. The van der Waals surface area contributed by atoms with E-state index in [0.29, 0.717) is 34.8 Å². The lowest BCUT2D eigenvalue weighted by Gasteiger charge is -2.26. The fourth-order valence-electron chi connectivity index (χ4n) is 4.47. The van der Waals surface area contributed by atoms with E-state index in [1.165, 1.54) is 11.1 Å². The highest BCUT2D eigenvalue weighted by Gasteiger charge is 2.44. The fourth-order valence-corrected chi connectivity index (χ4v) is 5.14. The zero-order valence-corrected chi connectivity index (χ0v) is 26.2. The number of benzene rings is 1. The summed E-state index contributed by atoms with van der Waals surface area (Å²) < 4.78 is 29.0. The Bertz CT molecular complexity index is 1610. The van der Waals surface area contributed by atoms with Crippen LogP contribution < -0.4 is 20.5 Å². The fraction of sp³-hybridized carbons (Fsp3) is 0.448. The zero-order chi connectivity index (χ0) is 31.6. The maximum Gasteiger partial charge on any atom is 0.414 e. The number of rotatable bonds is 9. The normalized spacial score (nSPS) is 16.4. The van der Waals surface area contributed by atoms with E-state index in [0.717, 1.165) is 0 Å². The van der Waals surface area contributed by atoms with Crippen LogP contribution in [0.2, 0.25) is 0 Å². The minimum atomic E-state index is -2.75. The van der Waals surface area contributed by atoms with Gasteiger partial charge in [-0.3, -0.25) is 4.90 Å². The molecule has 3 aromatic rings. The number of hydrogen-bond donors (Lipinski definition) is 2. The summed E-state index contributed by atoms with van der Waals surface area (Å²) in [4.78, 5) is 32.0. The first-order chi connectivity index (χ1) is 20.2. The number of nitriles is 1. The predicted octanol–water partition coefficient (Wildman–Crippen LogP) is 3.83. The zero-order valence-electron chi connectivity index (χ0n) is 25.3. The molecule has 0 unspecified atom stereocenters. The number of aromatic nitrogens is 4. The van der Waals surface area contributed by atoms with Crippen LogP contribution in [0.1, 0.15) is 38.8 Å². The number of ether oxygens (including phenoxy) is 3. The van der Waals surface area contributed by atoms with Gasteiger partial charge in [-0.15, -0.1) is 0 Å². The number of nitrogens with zero attached hydrogens (tertiary/aromatic N) is 6. The summed E-state index contributed by atoms with van der Waals surface area (Å²) in [6, 6.07) is 7.34. The molecule has 0 fully saturated rings. The topological polar surface area (TPSA) is 173 Å². The minimum Gasteiger partial charge on any atom is -0.474 e. The third-order valence-corrected chi connectivity index (χ3v) is 7.75. The smallest absolute Gasteiger partial charge is 0.414 e. The van der Waals surface area contributed by atoms with Crippen molar-refractivity contribution in [2.24, 2.45) is 0 Å². The van der Waals surface area contributed by atoms with E-state index in [-0.39, 0.29) is 42.7 Å². The van der Waals surface area contributed by atoms with E-state index >= 15 is 0 Å². The van der Waals surface area contributed by atoms with E-state index in [1.54, 1.807) is 59.5 Å². The molecule has 1 aromatic carbocycles. The molecule has 228 valence electrons. The van der Waals surface area contributed by atoms with Gasteiger partial charge in [0.25, 0.3) is 0 Å². The van der Waals surface area contributed by atoms with E-state index in [1.807, 2.05) is 13.0 Å². The molecule has 1 aliphatic heterocycles. The number of carbonyl (C=O) groups excluding carboxylic acids is 1. The van der Waals surface area contributed by atoms with Crippen molar-refractivity contribution in [3.63, 3.8) is 0 Å². The molecule has 13 nitrogen and oxygen atoms in total. The molecule has 0 saturated heterocycles. The molecule has 1 atom stereocenters. The van der Waals surface area contributed by atoms with Crippen LogP contribution in [-0.4, -0.2) is 83.5 Å². The highest BCUT2D eigenvalue weighted by Crippen LogP contribution is 2.45. The van der Waals surface area contributed by atoms with E-state index in [4.69, 9.17) is 14.2 Å². The monoisotopic (exact) mass is 609 g/mol. The van der Waals surface area contributed by atoms with Crippen LogP contribution in [0.3, 0.4) is 0 Å². The van der Waals surface area contributed by atoms with Crippen molar-refractivity contribution in [1.29, 1.82) is 5.26 Å². The second kappa shape index (κ2) is 12.2. The standard InChI is InChI=1S/C29H36N7O6P/c1-28(2,3)42-27(38)36-16-29(4,17-37)20-13-18(12-19(14-30)23(20)36)21-8-9-31-25(33-21)34-22-15-32-26(43(6,7)39)35-24(22)41-11-10-40-5/h8-9,12-13,15,37H,10-11,16-17H2,1-7H3,(H,31,33,34)/t29-/m1/s1. The van der Waals surface area contributed by atoms with Crippen LogP contribution in [0.25, 0.3) is 11.3 Å². The van der Waals surface area contributed by atoms with Crippen molar-refractivity contribution in [3.05, 3.63) is 41.7 Å². The highest BCUT2D eigenvalue weighted by molar-refractivity contribution is 7.69. The summed E-state index contributed by atoms with van der Waals surface area (Å²) in [5.41, 5.74) is 1.31. The molecule has 3 heterocycles. The van der Waals surface area contributed by atoms with Gasteiger partial charge in [-0.2, -0.15) is 10.2 Å². The first-order valence-corrected chi connectivity index (χ1v) is 16.1. The van der Waals surface area contributed by atoms with Gasteiger partial charge in [0.1, 0.15) is 31.1 Å². The van der Waals surface area contributed by atoms with E-state index < -0.39 is 24.3 Å². The van der Waals surface area contributed by atoms with Crippen LogP contribution in [0, 0.1) is 11.3 Å². The van der Waals surface area contributed by atoms with Crippen LogP contribution in [-0.2, 0) is 19.5 Å². The summed E-state index contributed by atoms with van der Waals surface area (Å²) in [7, 11) is -1.20. The molecule has 0 spiro atoms. The predicted molar refractivity (Wildman–Crippen MR) is 162 cm³/mol. The molecule has 0 saturated carbocycles. The first kappa shape index (κ1) is 31.8. The molecule has 0 aliphatic carbocycles. The molecule has 1 aliphatic rings. The largest absolute Gasteiger partial charge is 0.474 e. The van der Waals surface area contributed by atoms with Gasteiger partial charge in [0, 0.05) is 30.8 Å². The van der Waals surface area contributed by atoms with Gasteiger partial charge in [0.2, 0.25) is 11.8 Å². The summed E-state index contributed by atoms with van der Waals surface area (Å²) in [6.45, 7) is 10.7. The van der Waals surface area contributed by atoms with Crippen molar-refractivity contribution in [2.75, 3.05) is 57.0 Å². The van der Waals surface area contributed by atoms with Crippen LogP contribution >= 0.6 is 7.14 Å². The van der Waals surface area contributed by atoms with Gasteiger partial charge in [0.05, 0.1) is 36.4 Å². The summed E-state index contributed by atoms with van der Waals surface area (Å²) in [6.07, 6.45) is 2.42. The summed E-state index contributed by atoms with van der Waals surface area (Å²) in [5.74, 6) is 0.367. The molecule has 0 bridgehead atoms. The number of carbonyl (C=O) groups is 1. The van der Waals surface area contributed by atoms with Gasteiger partial charge in [0.15, 0.2) is 5.57 Å². The van der Waals surface area contributed by atoms with Gasteiger partial charge in [-0.05, 0) is 57.9 Å². The third-order valence-electron chi connectivity index (χ3n) is 6.57. The number of aliphatic hydroxyl groups is 1. The van der Waals surface area contributed by atoms with Crippen LogP contribution in [0.4, 0.5) is 22.1 Å². The molecule has 43 heavy (non-hydrogen) atoms. The van der Waals surface area contributed by atoms with Gasteiger partial charge in [-0.25, -0.2) is 19.7 Å². The van der Waals surface area contributed by atoms with Crippen molar-refractivity contribution in [2.45, 2.75) is 38.7 Å². The maximum atomic E-state index is 13.1. The second-order valence-electron chi connectivity index (χ2n) is 11.8. The number of anilines is 3. The Morgan fingerprint density at radius 2 is 1.98 bits per heavy atom. The molecule has 2 N–H and O–H groups in total. The quantitative estimate of drug-likeness (QED) is 0.266. The second-order valence-corrected chi connectivity index (χ2v) is 14.9. The Balaban J connectivity index is 1.73. The molecular weight excluding hydrogens is 573 g/mol. The van der Waals surface area contributed by atoms with Gasteiger partial charge in [-0.1, -0.05) is 6.92 Å². The average molecular weight is 610 g/mol. The lowest BCUT2D eigenvalue weighted by atomic mass is 9.83. The number of hydrogen-bond acceptors (Lipinski definition) is 12. The van der Waals surface area contributed by atoms with Crippen LogP contribution in [0.5, 0.6) is 5.88 Å². The first-order valence-electron chi connectivity index (χ1n) is 13.5. The molecule has 4 rings (SSSR count). The summed E-state index contributed by atoms with van der Waals surface area (Å²) in [5, 5.41) is 23.5. The molecule has 1 amide bonds. The number of fused-ring (bicyclic) bond motifs is 1.